The minimum absolute atomic E-state index is 0. The van der Waals surface area contributed by atoms with Crippen LogP contribution in [0.25, 0.3) is 0 Å². The molecular weight excluding hydrogens is 353 g/mol. The van der Waals surface area contributed by atoms with Gasteiger partial charge in [0.1, 0.15) is 0 Å². The molecule has 3 nitrogen and oxygen atoms in total. The van der Waals surface area contributed by atoms with E-state index in [0.29, 0.717) is 0 Å². The average molecular weight is 353 g/mol. The molecular formula is Ce2MgO3+2. The van der Waals surface area contributed by atoms with Gasteiger partial charge in [-0.3, -0.25) is 0 Å². The molecule has 0 heterocycles. The van der Waals surface area contributed by atoms with E-state index in [2.05, 4.69) is 0 Å². The maximum absolute atomic E-state index is 0. The zero-order chi connectivity index (χ0) is 0. The second-order valence-corrected chi connectivity index (χ2v) is 0. The fraction of sp³-hybridized carbons (Fsp3) is 0. The van der Waals surface area contributed by atoms with Gasteiger partial charge in [0.15, 0.2) is 0 Å². The maximum Gasteiger partial charge on any atom is 3.00 e. The van der Waals surface area contributed by atoms with Crippen LogP contribution in [0.15, 0.2) is 0 Å². The first-order chi connectivity index (χ1) is 0. The van der Waals surface area contributed by atoms with Crippen molar-refractivity contribution in [3.8, 4) is 0 Å². The Balaban J connectivity index is 0. The fourth-order valence-corrected chi connectivity index (χ4v) is 0. The van der Waals surface area contributed by atoms with Gasteiger partial charge in [-0.05, 0) is 0 Å². The molecule has 26 valence electrons. The molecule has 0 fully saturated rings. The van der Waals surface area contributed by atoms with Crippen molar-refractivity contribution >= 4 is 23.1 Å². The van der Waals surface area contributed by atoms with E-state index >= 15 is 0 Å². The molecule has 0 atom stereocenters. The van der Waals surface area contributed by atoms with Gasteiger partial charge >= 0.3 is 107 Å². The Bertz CT molecular complexity index is 8.75. The van der Waals surface area contributed by atoms with Gasteiger partial charge in [0.2, 0.25) is 0 Å². The average Bonchev–Trinajstić information content (AvgIpc) is 0. The molecule has 0 spiro atoms. The molecule has 0 aromatic carbocycles. The van der Waals surface area contributed by atoms with E-state index in [1.54, 1.807) is 0 Å². The van der Waals surface area contributed by atoms with Crippen LogP contribution < -0.4 is 0 Å². The van der Waals surface area contributed by atoms with Gasteiger partial charge in [-0.1, -0.05) is 0 Å². The third-order valence-electron chi connectivity index (χ3n) is 0. The monoisotopic (exact) mass is 352 g/mol. The summed E-state index contributed by atoms with van der Waals surface area (Å²) >= 11 is 0. The summed E-state index contributed by atoms with van der Waals surface area (Å²) in [6, 6.07) is 0. The molecule has 6 heavy (non-hydrogen) atoms. The van der Waals surface area contributed by atoms with Crippen molar-refractivity contribution in [2.24, 2.45) is 0 Å². The van der Waals surface area contributed by atoms with Crippen LogP contribution in [0, 0.1) is 83.5 Å². The molecule has 2 radical (unpaired) electrons. The van der Waals surface area contributed by atoms with E-state index in [0.717, 1.165) is 0 Å². The molecule has 0 bridgehead atoms. The van der Waals surface area contributed by atoms with E-state index in [1.165, 1.54) is 0 Å². The second-order valence-electron chi connectivity index (χ2n) is 0. The smallest absolute Gasteiger partial charge is 2.00 e. The molecule has 0 amide bonds. The van der Waals surface area contributed by atoms with Crippen molar-refractivity contribution in [2.75, 3.05) is 0 Å². The quantitative estimate of drug-likeness (QED) is 0.515. The molecule has 6 heteroatoms. The molecule has 0 rings (SSSR count). The summed E-state index contributed by atoms with van der Waals surface area (Å²) in [5.41, 5.74) is 0. The van der Waals surface area contributed by atoms with Crippen LogP contribution in [-0.2, 0) is 16.4 Å². The molecule has 0 aliphatic heterocycles. The fourth-order valence-electron chi connectivity index (χ4n) is 0. The van der Waals surface area contributed by atoms with Gasteiger partial charge in [0, 0.05) is 0 Å². The van der Waals surface area contributed by atoms with Gasteiger partial charge in [-0.25, -0.2) is 0 Å². The van der Waals surface area contributed by atoms with Gasteiger partial charge in [-0.15, -0.1) is 0 Å². The summed E-state index contributed by atoms with van der Waals surface area (Å²) in [4.78, 5) is 0. The molecule has 0 aromatic rings. The van der Waals surface area contributed by atoms with E-state index in [4.69, 9.17) is 0 Å². The Kier molecular flexibility index (Phi) is 381. The number of rotatable bonds is 0. The predicted molar refractivity (Wildman–Crippen MR) is 7.81 cm³/mol. The molecule has 0 N–H and O–H groups in total. The van der Waals surface area contributed by atoms with Crippen LogP contribution in [0.4, 0.5) is 0 Å². The molecule has 0 saturated heterocycles. The Morgan fingerprint density at radius 1 is 0.500 bits per heavy atom. The van der Waals surface area contributed by atoms with Crippen LogP contribution >= 0.6 is 0 Å². The molecule has 0 aliphatic rings. The third kappa shape index (κ3) is 26.2. The minimum Gasteiger partial charge on any atom is -2.00 e. The van der Waals surface area contributed by atoms with Crippen molar-refractivity contribution in [3.63, 3.8) is 0 Å². The van der Waals surface area contributed by atoms with Gasteiger partial charge in [-0.2, -0.15) is 0 Å². The molecule has 0 aromatic heterocycles. The minimum atomic E-state index is 0. The number of hydrogen-bond donors (Lipinski definition) is 0. The summed E-state index contributed by atoms with van der Waals surface area (Å²) < 4.78 is 0. The third-order valence-corrected chi connectivity index (χ3v) is 0. The van der Waals surface area contributed by atoms with Crippen LogP contribution in [0.1, 0.15) is 0 Å². The van der Waals surface area contributed by atoms with Gasteiger partial charge in [0.25, 0.3) is 0 Å². The zero-order valence-electron chi connectivity index (χ0n) is 2.93. The Labute approximate surface area is 120 Å². The molecule has 0 saturated carbocycles. The second kappa shape index (κ2) is 39.8. The summed E-state index contributed by atoms with van der Waals surface area (Å²) in [5.74, 6) is 0. The van der Waals surface area contributed by atoms with Crippen molar-refractivity contribution < 1.29 is 99.9 Å². The van der Waals surface area contributed by atoms with Crippen molar-refractivity contribution in [3.05, 3.63) is 0 Å². The maximum atomic E-state index is 0. The van der Waals surface area contributed by atoms with Crippen molar-refractivity contribution in [2.45, 2.75) is 0 Å². The first-order valence-corrected chi connectivity index (χ1v) is 0. The van der Waals surface area contributed by atoms with Crippen molar-refractivity contribution in [1.82, 2.24) is 0 Å². The normalized spacial score (nSPS) is 0. The van der Waals surface area contributed by atoms with Crippen LogP contribution in [0.3, 0.4) is 0 Å². The predicted octanol–water partition coefficient (Wildman–Crippen LogP) is -0.737. The first-order valence-electron chi connectivity index (χ1n) is 0. The summed E-state index contributed by atoms with van der Waals surface area (Å²) in [6.07, 6.45) is 0. The summed E-state index contributed by atoms with van der Waals surface area (Å²) in [6.45, 7) is 0. The first kappa shape index (κ1) is 57.4. The van der Waals surface area contributed by atoms with Crippen LogP contribution in [0.2, 0.25) is 0 Å². The summed E-state index contributed by atoms with van der Waals surface area (Å²) in [5, 5.41) is 0. The van der Waals surface area contributed by atoms with Crippen molar-refractivity contribution in [1.29, 1.82) is 0 Å². The largest absolute Gasteiger partial charge is 3.00 e. The van der Waals surface area contributed by atoms with Crippen LogP contribution in [-0.4, -0.2) is 23.1 Å². The Hall–Kier alpha value is 3.40. The van der Waals surface area contributed by atoms with E-state index in [-0.39, 0.29) is 123 Å². The van der Waals surface area contributed by atoms with Gasteiger partial charge < -0.3 is 16.4 Å². The van der Waals surface area contributed by atoms with Gasteiger partial charge in [0.05, 0.1) is 0 Å². The standard InChI is InChI=1S/2Ce.Mg.3O/q2*+3;+2;3*-2. The number of hydrogen-bond acceptors (Lipinski definition) is 0. The Morgan fingerprint density at radius 2 is 0.500 bits per heavy atom. The van der Waals surface area contributed by atoms with E-state index < -0.39 is 0 Å². The van der Waals surface area contributed by atoms with Crippen LogP contribution in [0.5, 0.6) is 0 Å². The summed E-state index contributed by atoms with van der Waals surface area (Å²) in [7, 11) is 0. The molecule has 0 aliphatic carbocycles. The van der Waals surface area contributed by atoms with E-state index in [9.17, 15) is 0 Å². The molecule has 0 unspecified atom stereocenters. The van der Waals surface area contributed by atoms with E-state index in [1.807, 2.05) is 0 Å². The SMILES string of the molecule is [Ce+3].[Ce+3].[Mg+2].[O-2].[O-2].[O-2]. The topological polar surface area (TPSA) is 85.5 Å². The zero-order valence-corrected chi connectivity index (χ0v) is 10.6. The Morgan fingerprint density at radius 3 is 0.500 bits per heavy atom.